The van der Waals surface area contributed by atoms with Crippen LogP contribution < -0.4 is 10.1 Å². The molecule has 0 saturated carbocycles. The maximum atomic E-state index is 6.28. The van der Waals surface area contributed by atoms with Gasteiger partial charge >= 0.3 is 0 Å². The zero-order valence-corrected chi connectivity index (χ0v) is 14.0. The van der Waals surface area contributed by atoms with Gasteiger partial charge in [0, 0.05) is 11.5 Å². The van der Waals surface area contributed by atoms with Gasteiger partial charge in [-0.25, -0.2) is 0 Å². The summed E-state index contributed by atoms with van der Waals surface area (Å²) in [7, 11) is 3.55. The molecular formula is C14H17BrClN3O. The van der Waals surface area contributed by atoms with Crippen LogP contribution in [0.3, 0.4) is 0 Å². The topological polar surface area (TPSA) is 39.1 Å². The van der Waals surface area contributed by atoms with Gasteiger partial charge in [0.25, 0.3) is 0 Å². The molecule has 0 aliphatic carbocycles. The summed E-state index contributed by atoms with van der Waals surface area (Å²) in [5.74, 6) is 0.810. The summed E-state index contributed by atoms with van der Waals surface area (Å²) in [6, 6.07) is 5.84. The molecule has 0 saturated heterocycles. The Hall–Kier alpha value is -1.04. The van der Waals surface area contributed by atoms with Crippen molar-refractivity contribution in [2.45, 2.75) is 13.0 Å². The van der Waals surface area contributed by atoms with E-state index in [-0.39, 0.29) is 6.04 Å². The molecular weight excluding hydrogens is 342 g/mol. The number of benzene rings is 1. The predicted molar refractivity (Wildman–Crippen MR) is 84.4 cm³/mol. The highest BCUT2D eigenvalue weighted by atomic mass is 79.9. The highest BCUT2D eigenvalue weighted by molar-refractivity contribution is 9.10. The van der Waals surface area contributed by atoms with Crippen molar-refractivity contribution in [3.05, 3.63) is 45.1 Å². The molecule has 0 spiro atoms. The van der Waals surface area contributed by atoms with Gasteiger partial charge in [-0.2, -0.15) is 5.10 Å². The largest absolute Gasteiger partial charge is 0.497 e. The monoisotopic (exact) mass is 357 g/mol. The normalized spacial score (nSPS) is 12.4. The van der Waals surface area contributed by atoms with Crippen molar-refractivity contribution in [3.63, 3.8) is 0 Å². The standard InChI is InChI=1S/C14H17BrClN3O/c1-4-17-13(14-12(16)8-18-19(14)2)10-7-9(20-3)5-6-11(10)15/h5-8,13,17H,4H2,1-3H3. The van der Waals surface area contributed by atoms with Crippen LogP contribution in [0.5, 0.6) is 5.75 Å². The molecule has 1 aromatic carbocycles. The Morgan fingerprint density at radius 1 is 1.50 bits per heavy atom. The predicted octanol–water partition coefficient (Wildman–Crippen LogP) is 3.54. The van der Waals surface area contributed by atoms with E-state index < -0.39 is 0 Å². The molecule has 0 bridgehead atoms. The van der Waals surface area contributed by atoms with E-state index in [2.05, 4.69) is 33.3 Å². The minimum atomic E-state index is -0.0514. The zero-order valence-electron chi connectivity index (χ0n) is 11.7. The second kappa shape index (κ2) is 6.61. The Morgan fingerprint density at radius 3 is 2.80 bits per heavy atom. The lowest BCUT2D eigenvalue weighted by Crippen LogP contribution is -2.25. The molecule has 2 aromatic rings. The fraction of sp³-hybridized carbons (Fsp3) is 0.357. The summed E-state index contributed by atoms with van der Waals surface area (Å²) in [4.78, 5) is 0. The van der Waals surface area contributed by atoms with Crippen LogP contribution in [0.25, 0.3) is 0 Å². The van der Waals surface area contributed by atoms with Gasteiger partial charge in [-0.15, -0.1) is 0 Å². The number of nitrogens with one attached hydrogen (secondary N) is 1. The van der Waals surface area contributed by atoms with Gasteiger partial charge in [-0.3, -0.25) is 4.68 Å². The average Bonchev–Trinajstić information content (AvgIpc) is 2.77. The summed E-state index contributed by atoms with van der Waals surface area (Å²) >= 11 is 9.88. The van der Waals surface area contributed by atoms with Crippen LogP contribution in [0.4, 0.5) is 0 Å². The summed E-state index contributed by atoms with van der Waals surface area (Å²) in [5.41, 5.74) is 2.00. The Kier molecular flexibility index (Phi) is 5.07. The minimum Gasteiger partial charge on any atom is -0.497 e. The van der Waals surface area contributed by atoms with Crippen molar-refractivity contribution in [2.75, 3.05) is 13.7 Å². The first kappa shape index (κ1) is 15.4. The van der Waals surface area contributed by atoms with E-state index >= 15 is 0 Å². The van der Waals surface area contributed by atoms with Gasteiger partial charge in [0.1, 0.15) is 5.75 Å². The lowest BCUT2D eigenvalue weighted by atomic mass is 10.0. The van der Waals surface area contributed by atoms with Crippen molar-refractivity contribution in [3.8, 4) is 5.75 Å². The lowest BCUT2D eigenvalue weighted by molar-refractivity contribution is 0.413. The van der Waals surface area contributed by atoms with Gasteiger partial charge in [0.05, 0.1) is 30.1 Å². The fourth-order valence-electron chi connectivity index (χ4n) is 2.17. The molecule has 1 N–H and O–H groups in total. The highest BCUT2D eigenvalue weighted by Crippen LogP contribution is 2.34. The Labute approximate surface area is 132 Å². The molecule has 2 rings (SSSR count). The van der Waals surface area contributed by atoms with Crippen molar-refractivity contribution in [1.82, 2.24) is 15.1 Å². The van der Waals surface area contributed by atoms with E-state index in [0.717, 1.165) is 28.0 Å². The number of aromatic nitrogens is 2. The smallest absolute Gasteiger partial charge is 0.119 e. The van der Waals surface area contributed by atoms with Crippen LogP contribution >= 0.6 is 27.5 Å². The quantitative estimate of drug-likeness (QED) is 0.888. The fourth-order valence-corrected chi connectivity index (χ4v) is 2.92. The summed E-state index contributed by atoms with van der Waals surface area (Å²) in [5, 5.41) is 8.31. The first-order chi connectivity index (χ1) is 9.58. The van der Waals surface area contributed by atoms with Gasteiger partial charge in [-0.1, -0.05) is 34.5 Å². The number of aryl methyl sites for hydroxylation is 1. The zero-order chi connectivity index (χ0) is 14.7. The third-order valence-electron chi connectivity index (χ3n) is 3.13. The first-order valence-corrected chi connectivity index (χ1v) is 7.49. The minimum absolute atomic E-state index is 0.0514. The molecule has 108 valence electrons. The Balaban J connectivity index is 2.54. The molecule has 1 aromatic heterocycles. The Bertz CT molecular complexity index is 581. The molecule has 0 fully saturated rings. The second-order valence-corrected chi connectivity index (χ2v) is 5.64. The Morgan fingerprint density at radius 2 is 2.25 bits per heavy atom. The number of nitrogens with zero attached hydrogens (tertiary/aromatic N) is 2. The average molecular weight is 359 g/mol. The molecule has 6 heteroatoms. The first-order valence-electron chi connectivity index (χ1n) is 6.32. The van der Waals surface area contributed by atoms with Crippen molar-refractivity contribution >= 4 is 27.5 Å². The van der Waals surface area contributed by atoms with E-state index in [4.69, 9.17) is 16.3 Å². The number of rotatable bonds is 5. The molecule has 1 atom stereocenters. The van der Waals surface area contributed by atoms with Gasteiger partial charge < -0.3 is 10.1 Å². The van der Waals surface area contributed by atoms with Crippen LogP contribution in [0.2, 0.25) is 5.02 Å². The van der Waals surface area contributed by atoms with Gasteiger partial charge in [0.2, 0.25) is 0 Å². The van der Waals surface area contributed by atoms with Gasteiger partial charge in [-0.05, 0) is 30.3 Å². The molecule has 4 nitrogen and oxygen atoms in total. The van der Waals surface area contributed by atoms with Crippen molar-refractivity contribution in [1.29, 1.82) is 0 Å². The van der Waals surface area contributed by atoms with E-state index in [1.165, 1.54) is 0 Å². The van der Waals surface area contributed by atoms with E-state index in [1.54, 1.807) is 18.0 Å². The third-order valence-corrected chi connectivity index (χ3v) is 4.15. The third kappa shape index (κ3) is 3.00. The molecule has 0 aliphatic rings. The molecule has 1 unspecified atom stereocenters. The van der Waals surface area contributed by atoms with Crippen LogP contribution in [0.1, 0.15) is 24.2 Å². The second-order valence-electron chi connectivity index (χ2n) is 4.38. The summed E-state index contributed by atoms with van der Waals surface area (Å²) in [6.07, 6.45) is 1.66. The molecule has 0 aliphatic heterocycles. The summed E-state index contributed by atoms with van der Waals surface area (Å²) in [6.45, 7) is 2.88. The maximum absolute atomic E-state index is 6.28. The van der Waals surface area contributed by atoms with Crippen LogP contribution in [-0.4, -0.2) is 23.4 Å². The maximum Gasteiger partial charge on any atom is 0.119 e. The van der Waals surface area contributed by atoms with Crippen LogP contribution in [0.15, 0.2) is 28.9 Å². The number of halogens is 2. The van der Waals surface area contributed by atoms with E-state index in [0.29, 0.717) is 5.02 Å². The number of hydrogen-bond acceptors (Lipinski definition) is 3. The van der Waals surface area contributed by atoms with Gasteiger partial charge in [0.15, 0.2) is 0 Å². The molecule has 0 radical (unpaired) electrons. The lowest BCUT2D eigenvalue weighted by Gasteiger charge is -2.21. The van der Waals surface area contributed by atoms with Crippen molar-refractivity contribution in [2.24, 2.45) is 7.05 Å². The van der Waals surface area contributed by atoms with E-state index in [9.17, 15) is 0 Å². The van der Waals surface area contributed by atoms with Crippen LogP contribution in [-0.2, 0) is 7.05 Å². The molecule has 1 heterocycles. The van der Waals surface area contributed by atoms with Crippen molar-refractivity contribution < 1.29 is 4.74 Å². The van der Waals surface area contributed by atoms with E-state index in [1.807, 2.05) is 25.2 Å². The number of methoxy groups -OCH3 is 1. The SMILES string of the molecule is CCNC(c1cc(OC)ccc1Br)c1c(Cl)cnn1C. The van der Waals surface area contributed by atoms with Crippen LogP contribution in [0, 0.1) is 0 Å². The summed E-state index contributed by atoms with van der Waals surface area (Å²) < 4.78 is 8.11. The number of hydrogen-bond donors (Lipinski definition) is 1. The highest BCUT2D eigenvalue weighted by Gasteiger charge is 2.22. The molecule has 0 amide bonds. The molecule has 20 heavy (non-hydrogen) atoms. The number of ether oxygens (including phenoxy) is 1.